The summed E-state index contributed by atoms with van der Waals surface area (Å²) in [5, 5.41) is -1.69. The fourth-order valence-corrected chi connectivity index (χ4v) is 2.67. The molecule has 1 rings (SSSR count). The van der Waals surface area contributed by atoms with Crippen molar-refractivity contribution in [2.75, 3.05) is 26.4 Å². The van der Waals surface area contributed by atoms with Crippen molar-refractivity contribution in [3.05, 3.63) is 23.3 Å². The monoisotopic (exact) mass is 462 g/mol. The van der Waals surface area contributed by atoms with Gasteiger partial charge in [0.15, 0.2) is 0 Å². The normalized spacial score (nSPS) is 10.3. The molecular formula is C20H24Cl2O8. The number of rotatable bonds is 14. The van der Waals surface area contributed by atoms with E-state index in [1.165, 1.54) is 12.1 Å². The van der Waals surface area contributed by atoms with Gasteiger partial charge in [0.05, 0.1) is 37.6 Å². The Kier molecular flexibility index (Phi) is 11.8. The zero-order chi connectivity index (χ0) is 22.5. The molecule has 0 radical (unpaired) electrons. The molecule has 0 saturated heterocycles. The largest absolute Gasteiger partial charge is 0.493 e. The predicted molar refractivity (Wildman–Crippen MR) is 110 cm³/mol. The van der Waals surface area contributed by atoms with Gasteiger partial charge in [0.1, 0.15) is 11.5 Å². The Hall–Kier alpha value is -2.32. The highest BCUT2D eigenvalue weighted by molar-refractivity contribution is 6.69. The lowest BCUT2D eigenvalue weighted by Gasteiger charge is -2.15. The number of esters is 2. The standard InChI is InChI=1S/C20H24Cl2O8/c1-3-27-17(23)7-5-9-29-15-12-16(30-10-6-8-18(24)28-4-2)14(20(22)26)11-13(15)19(21)25/h11-12H,3-10H2,1-2H3. The Balaban J connectivity index is 2.86. The molecule has 0 aliphatic carbocycles. The summed E-state index contributed by atoms with van der Waals surface area (Å²) in [4.78, 5) is 46.2. The van der Waals surface area contributed by atoms with Crippen LogP contribution in [-0.4, -0.2) is 48.9 Å². The van der Waals surface area contributed by atoms with Crippen molar-refractivity contribution in [2.24, 2.45) is 0 Å². The van der Waals surface area contributed by atoms with Crippen LogP contribution < -0.4 is 9.47 Å². The molecule has 0 N–H and O–H groups in total. The molecule has 30 heavy (non-hydrogen) atoms. The molecule has 0 unspecified atom stereocenters. The maximum Gasteiger partial charge on any atom is 0.305 e. The zero-order valence-corrected chi connectivity index (χ0v) is 18.3. The SMILES string of the molecule is CCOC(=O)CCCOc1cc(OCCCC(=O)OCC)c(C(=O)Cl)cc1C(=O)Cl. The van der Waals surface area contributed by atoms with Crippen LogP contribution in [0.5, 0.6) is 11.5 Å². The van der Waals surface area contributed by atoms with Gasteiger partial charge in [0.25, 0.3) is 10.5 Å². The molecule has 1 aromatic rings. The Morgan fingerprint density at radius 1 is 0.733 bits per heavy atom. The maximum absolute atomic E-state index is 11.7. The van der Waals surface area contributed by atoms with E-state index in [4.69, 9.17) is 42.1 Å². The quantitative estimate of drug-likeness (QED) is 0.233. The van der Waals surface area contributed by atoms with E-state index in [9.17, 15) is 19.2 Å². The second kappa shape index (κ2) is 13.8. The van der Waals surface area contributed by atoms with Crippen LogP contribution in [0.1, 0.15) is 60.2 Å². The van der Waals surface area contributed by atoms with Gasteiger partial charge in [-0.15, -0.1) is 0 Å². The molecule has 1 aromatic carbocycles. The van der Waals surface area contributed by atoms with Gasteiger partial charge in [-0.05, 0) is 56.0 Å². The van der Waals surface area contributed by atoms with Crippen LogP contribution >= 0.6 is 23.2 Å². The number of carbonyl (C=O) groups excluding carboxylic acids is 4. The molecule has 0 bridgehead atoms. The lowest BCUT2D eigenvalue weighted by atomic mass is 10.1. The van der Waals surface area contributed by atoms with E-state index >= 15 is 0 Å². The van der Waals surface area contributed by atoms with E-state index in [-0.39, 0.29) is 73.8 Å². The van der Waals surface area contributed by atoms with Crippen LogP contribution in [0.15, 0.2) is 12.1 Å². The van der Waals surface area contributed by atoms with E-state index in [0.717, 1.165) is 0 Å². The average molecular weight is 463 g/mol. The third kappa shape index (κ3) is 9.00. The summed E-state index contributed by atoms with van der Waals surface area (Å²) in [5.41, 5.74) is -0.119. The summed E-state index contributed by atoms with van der Waals surface area (Å²) in [5.74, 6) is -0.547. The van der Waals surface area contributed by atoms with Crippen molar-refractivity contribution in [1.82, 2.24) is 0 Å². The molecule has 0 fully saturated rings. The molecule has 0 amide bonds. The number of hydrogen-bond donors (Lipinski definition) is 0. The average Bonchev–Trinajstić information content (AvgIpc) is 2.68. The molecule has 0 aliphatic heterocycles. The summed E-state index contributed by atoms with van der Waals surface area (Å²) in [6.45, 7) is 4.20. The Morgan fingerprint density at radius 3 is 1.47 bits per heavy atom. The van der Waals surface area contributed by atoms with Gasteiger partial charge in [-0.3, -0.25) is 19.2 Å². The minimum Gasteiger partial charge on any atom is -0.493 e. The minimum absolute atomic E-state index is 0.0596. The second-order valence-electron chi connectivity index (χ2n) is 5.91. The second-order valence-corrected chi connectivity index (χ2v) is 6.59. The first kappa shape index (κ1) is 25.7. The van der Waals surface area contributed by atoms with Gasteiger partial charge in [0, 0.05) is 18.9 Å². The van der Waals surface area contributed by atoms with Gasteiger partial charge < -0.3 is 18.9 Å². The summed E-state index contributed by atoms with van der Waals surface area (Å²) < 4.78 is 20.8. The van der Waals surface area contributed by atoms with E-state index in [1.54, 1.807) is 13.8 Å². The van der Waals surface area contributed by atoms with Gasteiger partial charge >= 0.3 is 11.9 Å². The van der Waals surface area contributed by atoms with Crippen molar-refractivity contribution < 1.29 is 38.1 Å². The first-order chi connectivity index (χ1) is 14.3. The summed E-state index contributed by atoms with van der Waals surface area (Å²) in [6, 6.07) is 2.52. The van der Waals surface area contributed by atoms with Crippen LogP contribution in [0.4, 0.5) is 0 Å². The van der Waals surface area contributed by atoms with Gasteiger partial charge in [-0.1, -0.05) is 0 Å². The molecule has 0 heterocycles. The van der Waals surface area contributed by atoms with Gasteiger partial charge in [0.2, 0.25) is 0 Å². The predicted octanol–water partition coefficient (Wildman–Crippen LogP) is 3.89. The molecule has 0 aliphatic rings. The highest BCUT2D eigenvalue weighted by Gasteiger charge is 2.20. The van der Waals surface area contributed by atoms with Crippen LogP contribution in [0.25, 0.3) is 0 Å². The molecule has 10 heteroatoms. The fraction of sp³-hybridized carbons (Fsp3) is 0.500. The summed E-state index contributed by atoms with van der Waals surface area (Å²) in [7, 11) is 0. The molecule has 8 nitrogen and oxygen atoms in total. The lowest BCUT2D eigenvalue weighted by molar-refractivity contribution is -0.144. The van der Waals surface area contributed by atoms with Crippen LogP contribution in [0.3, 0.4) is 0 Å². The Morgan fingerprint density at radius 2 is 1.13 bits per heavy atom. The van der Waals surface area contributed by atoms with E-state index < -0.39 is 10.5 Å². The van der Waals surface area contributed by atoms with Crippen LogP contribution in [-0.2, 0) is 19.1 Å². The van der Waals surface area contributed by atoms with Crippen molar-refractivity contribution in [2.45, 2.75) is 39.5 Å². The maximum atomic E-state index is 11.7. The number of halogens is 2. The smallest absolute Gasteiger partial charge is 0.305 e. The van der Waals surface area contributed by atoms with Crippen molar-refractivity contribution in [3.8, 4) is 11.5 Å². The van der Waals surface area contributed by atoms with Crippen LogP contribution in [0, 0.1) is 0 Å². The highest BCUT2D eigenvalue weighted by atomic mass is 35.5. The molecular weight excluding hydrogens is 439 g/mol. The summed E-state index contributed by atoms with van der Waals surface area (Å²) in [6.07, 6.45) is 0.988. The number of carbonyl (C=O) groups is 4. The lowest BCUT2D eigenvalue weighted by Crippen LogP contribution is -2.10. The Labute approximate surface area is 184 Å². The third-order valence-corrected chi connectivity index (χ3v) is 4.09. The van der Waals surface area contributed by atoms with Crippen molar-refractivity contribution >= 4 is 45.6 Å². The van der Waals surface area contributed by atoms with E-state index in [2.05, 4.69) is 0 Å². The van der Waals surface area contributed by atoms with Gasteiger partial charge in [-0.25, -0.2) is 0 Å². The summed E-state index contributed by atoms with van der Waals surface area (Å²) >= 11 is 11.2. The molecule has 0 atom stereocenters. The first-order valence-electron chi connectivity index (χ1n) is 9.44. The molecule has 166 valence electrons. The zero-order valence-electron chi connectivity index (χ0n) is 16.8. The highest BCUT2D eigenvalue weighted by Crippen LogP contribution is 2.32. The first-order valence-corrected chi connectivity index (χ1v) is 10.2. The van der Waals surface area contributed by atoms with Gasteiger partial charge in [-0.2, -0.15) is 0 Å². The van der Waals surface area contributed by atoms with Crippen molar-refractivity contribution in [3.63, 3.8) is 0 Å². The van der Waals surface area contributed by atoms with E-state index in [1.807, 2.05) is 0 Å². The number of hydrogen-bond acceptors (Lipinski definition) is 8. The molecule has 0 aromatic heterocycles. The van der Waals surface area contributed by atoms with Crippen molar-refractivity contribution in [1.29, 1.82) is 0 Å². The number of benzene rings is 1. The molecule has 0 saturated carbocycles. The third-order valence-electron chi connectivity index (χ3n) is 3.68. The Bertz CT molecular complexity index is 704. The minimum atomic E-state index is -0.844. The fourth-order valence-electron chi connectivity index (χ4n) is 2.37. The molecule has 0 spiro atoms. The van der Waals surface area contributed by atoms with Crippen LogP contribution in [0.2, 0.25) is 0 Å². The number of ether oxygens (including phenoxy) is 4. The topological polar surface area (TPSA) is 105 Å². The van der Waals surface area contributed by atoms with E-state index in [0.29, 0.717) is 12.8 Å².